The third-order valence-electron chi connectivity index (χ3n) is 3.36. The molecule has 6 heteroatoms. The zero-order valence-electron chi connectivity index (χ0n) is 9.46. The summed E-state index contributed by atoms with van der Waals surface area (Å²) in [6.45, 7) is 3.16. The Morgan fingerprint density at radius 2 is 2.06 bits per heavy atom. The molecule has 0 bridgehead atoms. The summed E-state index contributed by atoms with van der Waals surface area (Å²) in [7, 11) is 1.80. The van der Waals surface area contributed by atoms with E-state index in [1.807, 2.05) is 0 Å². The topological polar surface area (TPSA) is 36.5 Å². The molecule has 0 aliphatic carbocycles. The van der Waals surface area contributed by atoms with E-state index in [-0.39, 0.29) is 5.62 Å². The maximum atomic E-state index is 6.07. The largest absolute Gasteiger partial charge is 0.381 e. The zero-order valence-corrected chi connectivity index (χ0v) is 12.4. The number of methoxy groups -OCH3 is 1. The summed E-state index contributed by atoms with van der Waals surface area (Å²) in [6, 6.07) is 0. The highest BCUT2D eigenvalue weighted by Crippen LogP contribution is 2.21. The normalized spacial score (nSPS) is 38.8. The standard InChI is InChI=1S/C10H19ClIN3O/c1-16-7-2-4-15(5-3-7)9-8(12)6-13-10(11)14-9/h7-10,13-14H,2-6H2,1H3. The van der Waals surface area contributed by atoms with E-state index in [1.54, 1.807) is 7.11 Å². The number of halogens is 2. The molecule has 2 N–H and O–H groups in total. The van der Waals surface area contributed by atoms with Crippen LogP contribution in [-0.2, 0) is 4.74 Å². The maximum Gasteiger partial charge on any atom is 0.136 e. The van der Waals surface area contributed by atoms with Crippen LogP contribution in [0.15, 0.2) is 0 Å². The van der Waals surface area contributed by atoms with Crippen LogP contribution in [0.5, 0.6) is 0 Å². The van der Waals surface area contributed by atoms with Gasteiger partial charge in [0.05, 0.1) is 16.2 Å². The van der Waals surface area contributed by atoms with Crippen LogP contribution in [0.4, 0.5) is 0 Å². The van der Waals surface area contributed by atoms with Gasteiger partial charge in [0.1, 0.15) is 5.62 Å². The predicted molar refractivity (Wildman–Crippen MR) is 74.0 cm³/mol. The second-order valence-corrected chi connectivity index (χ2v) is 6.41. The van der Waals surface area contributed by atoms with Crippen LogP contribution in [0.2, 0.25) is 0 Å². The van der Waals surface area contributed by atoms with E-state index < -0.39 is 0 Å². The average molecular weight is 360 g/mol. The van der Waals surface area contributed by atoms with E-state index in [0.29, 0.717) is 16.2 Å². The number of piperidine rings is 1. The molecule has 0 aromatic heterocycles. The summed E-state index contributed by atoms with van der Waals surface area (Å²) >= 11 is 8.56. The van der Waals surface area contributed by atoms with Gasteiger partial charge in [0.15, 0.2) is 0 Å². The Hall–Kier alpha value is 0.860. The van der Waals surface area contributed by atoms with Gasteiger partial charge in [-0.2, -0.15) is 0 Å². The second kappa shape index (κ2) is 6.15. The van der Waals surface area contributed by atoms with Crippen LogP contribution in [0.1, 0.15) is 12.8 Å². The van der Waals surface area contributed by atoms with Gasteiger partial charge in [-0.1, -0.05) is 34.2 Å². The molecule has 0 radical (unpaired) electrons. The quantitative estimate of drug-likeness (QED) is 0.437. The first kappa shape index (κ1) is 13.3. The number of ether oxygens (including phenoxy) is 1. The Bertz CT molecular complexity index is 226. The van der Waals surface area contributed by atoms with Gasteiger partial charge < -0.3 is 4.74 Å². The summed E-state index contributed by atoms with van der Waals surface area (Å²) in [4.78, 5) is 2.49. The number of nitrogens with one attached hydrogen (secondary N) is 2. The molecule has 4 nitrogen and oxygen atoms in total. The van der Waals surface area contributed by atoms with E-state index in [1.165, 1.54) is 0 Å². The van der Waals surface area contributed by atoms with Gasteiger partial charge in [0, 0.05) is 26.7 Å². The van der Waals surface area contributed by atoms with Crippen molar-refractivity contribution in [2.24, 2.45) is 0 Å². The Kier molecular flexibility index (Phi) is 5.11. The number of alkyl halides is 2. The summed E-state index contributed by atoms with van der Waals surface area (Å²) in [5, 5.41) is 6.62. The molecule has 0 amide bonds. The average Bonchev–Trinajstić information content (AvgIpc) is 2.32. The van der Waals surface area contributed by atoms with Crippen molar-refractivity contribution in [1.29, 1.82) is 0 Å². The molecule has 0 aromatic rings. The first-order chi connectivity index (χ1) is 7.70. The number of hydrogen-bond donors (Lipinski definition) is 2. The van der Waals surface area contributed by atoms with Crippen molar-refractivity contribution in [3.05, 3.63) is 0 Å². The highest BCUT2D eigenvalue weighted by molar-refractivity contribution is 14.1. The molecule has 2 saturated heterocycles. The lowest BCUT2D eigenvalue weighted by atomic mass is 10.1. The molecule has 0 saturated carbocycles. The molecular weight excluding hydrogens is 340 g/mol. The van der Waals surface area contributed by atoms with Gasteiger partial charge in [0.25, 0.3) is 0 Å². The minimum Gasteiger partial charge on any atom is -0.381 e. The van der Waals surface area contributed by atoms with E-state index in [0.717, 1.165) is 32.5 Å². The fraction of sp³-hybridized carbons (Fsp3) is 1.00. The van der Waals surface area contributed by atoms with E-state index in [9.17, 15) is 0 Å². The molecule has 2 rings (SSSR count). The van der Waals surface area contributed by atoms with Crippen molar-refractivity contribution in [3.8, 4) is 0 Å². The Morgan fingerprint density at radius 3 is 2.69 bits per heavy atom. The number of hydrogen-bond acceptors (Lipinski definition) is 4. The molecule has 2 aliphatic rings. The van der Waals surface area contributed by atoms with Gasteiger partial charge in [-0.15, -0.1) is 0 Å². The zero-order chi connectivity index (χ0) is 11.5. The Balaban J connectivity index is 1.87. The van der Waals surface area contributed by atoms with Crippen molar-refractivity contribution in [2.45, 2.75) is 34.7 Å². The van der Waals surface area contributed by atoms with Crippen LogP contribution >= 0.6 is 34.2 Å². The fourth-order valence-electron chi connectivity index (χ4n) is 2.36. The van der Waals surface area contributed by atoms with Crippen LogP contribution in [0.25, 0.3) is 0 Å². The lowest BCUT2D eigenvalue weighted by Gasteiger charge is -2.43. The molecule has 2 fully saturated rings. The molecule has 0 aromatic carbocycles. The van der Waals surface area contributed by atoms with E-state index >= 15 is 0 Å². The number of rotatable bonds is 2. The summed E-state index contributed by atoms with van der Waals surface area (Å²) < 4.78 is 5.95. The van der Waals surface area contributed by atoms with Crippen molar-refractivity contribution < 1.29 is 4.74 Å². The molecule has 16 heavy (non-hydrogen) atoms. The monoisotopic (exact) mass is 359 g/mol. The predicted octanol–water partition coefficient (Wildman–Crippen LogP) is 0.942. The smallest absolute Gasteiger partial charge is 0.136 e. The highest BCUT2D eigenvalue weighted by Gasteiger charge is 2.33. The van der Waals surface area contributed by atoms with Gasteiger partial charge in [0.2, 0.25) is 0 Å². The third kappa shape index (κ3) is 3.20. The van der Waals surface area contributed by atoms with Crippen molar-refractivity contribution in [1.82, 2.24) is 15.5 Å². The second-order valence-electron chi connectivity index (χ2n) is 4.37. The first-order valence-corrected chi connectivity index (χ1v) is 7.43. The van der Waals surface area contributed by atoms with Crippen LogP contribution in [0, 0.1) is 0 Å². The molecule has 3 unspecified atom stereocenters. The van der Waals surface area contributed by atoms with Gasteiger partial charge in [-0.25, -0.2) is 0 Å². The third-order valence-corrected chi connectivity index (χ3v) is 4.76. The van der Waals surface area contributed by atoms with Gasteiger partial charge in [-0.3, -0.25) is 15.5 Å². The molecule has 2 heterocycles. The fourth-order valence-corrected chi connectivity index (χ4v) is 3.50. The summed E-state index contributed by atoms with van der Waals surface area (Å²) in [6.07, 6.45) is 3.08. The SMILES string of the molecule is COC1CCN(C2NC(Cl)NCC2I)CC1. The van der Waals surface area contributed by atoms with Crippen LogP contribution in [0.3, 0.4) is 0 Å². The summed E-state index contributed by atoms with van der Waals surface area (Å²) in [5.41, 5.74) is -0.101. The summed E-state index contributed by atoms with van der Waals surface area (Å²) in [5.74, 6) is 0. The Morgan fingerprint density at radius 1 is 1.38 bits per heavy atom. The van der Waals surface area contributed by atoms with E-state index in [4.69, 9.17) is 16.3 Å². The van der Waals surface area contributed by atoms with Crippen molar-refractivity contribution in [2.75, 3.05) is 26.7 Å². The molecule has 2 aliphatic heterocycles. The maximum absolute atomic E-state index is 6.07. The van der Waals surface area contributed by atoms with E-state index in [2.05, 4.69) is 38.1 Å². The van der Waals surface area contributed by atoms with Crippen LogP contribution < -0.4 is 10.6 Å². The first-order valence-electron chi connectivity index (χ1n) is 5.75. The molecule has 94 valence electrons. The molecule has 0 spiro atoms. The van der Waals surface area contributed by atoms with Crippen molar-refractivity contribution >= 4 is 34.2 Å². The highest BCUT2D eigenvalue weighted by atomic mass is 127. The number of likely N-dealkylation sites (tertiary alicyclic amines) is 1. The Labute approximate surface area is 116 Å². The lowest BCUT2D eigenvalue weighted by molar-refractivity contribution is 0.0172. The van der Waals surface area contributed by atoms with Gasteiger partial charge in [-0.05, 0) is 12.8 Å². The number of nitrogens with zero attached hydrogens (tertiary/aromatic N) is 1. The lowest BCUT2D eigenvalue weighted by Crippen LogP contribution is -2.64. The minimum absolute atomic E-state index is 0.101. The molecule has 3 atom stereocenters. The van der Waals surface area contributed by atoms with Gasteiger partial charge >= 0.3 is 0 Å². The molecular formula is C10H19ClIN3O. The van der Waals surface area contributed by atoms with Crippen molar-refractivity contribution in [3.63, 3.8) is 0 Å². The minimum atomic E-state index is -0.101. The van der Waals surface area contributed by atoms with Crippen LogP contribution in [-0.4, -0.2) is 53.5 Å².